The van der Waals surface area contributed by atoms with Crippen molar-refractivity contribution >= 4 is 0 Å². The van der Waals surface area contributed by atoms with Gasteiger partial charge < -0.3 is 5.32 Å². The molecule has 0 spiro atoms. The highest BCUT2D eigenvalue weighted by Gasteiger charge is 2.30. The molecule has 2 fully saturated rings. The van der Waals surface area contributed by atoms with Crippen LogP contribution in [0.5, 0.6) is 0 Å². The van der Waals surface area contributed by atoms with Crippen molar-refractivity contribution in [2.24, 2.45) is 0 Å². The maximum absolute atomic E-state index is 4.17. The van der Waals surface area contributed by atoms with Crippen molar-refractivity contribution in [1.29, 1.82) is 0 Å². The minimum Gasteiger partial charge on any atom is -0.311 e. The van der Waals surface area contributed by atoms with Gasteiger partial charge in [0.05, 0.1) is 0 Å². The smallest absolute Gasteiger partial charge is 0.0203 e. The van der Waals surface area contributed by atoms with E-state index in [0.29, 0.717) is 6.04 Å². The molecule has 1 aliphatic carbocycles. The van der Waals surface area contributed by atoms with Gasteiger partial charge in [0, 0.05) is 51.4 Å². The summed E-state index contributed by atoms with van der Waals surface area (Å²) in [5.41, 5.74) is 1.32. The fraction of sp³-hybridized carbons (Fsp3) is 0.857. The average Bonchev–Trinajstić information content (AvgIpc) is 3.11. The van der Waals surface area contributed by atoms with E-state index in [0.717, 1.165) is 19.1 Å². The summed E-state index contributed by atoms with van der Waals surface area (Å²) in [6.07, 6.45) is 2.87. The van der Waals surface area contributed by atoms with Gasteiger partial charge in [-0.15, -0.1) is 0 Å². The van der Waals surface area contributed by atoms with Crippen LogP contribution in [0, 0.1) is 0 Å². The fourth-order valence-corrected chi connectivity index (χ4v) is 2.45. The average molecular weight is 237 g/mol. The number of rotatable bonds is 6. The van der Waals surface area contributed by atoms with Crippen molar-refractivity contribution < 1.29 is 0 Å². The minimum atomic E-state index is 0.554. The van der Waals surface area contributed by atoms with Crippen LogP contribution in [-0.4, -0.2) is 61.2 Å². The van der Waals surface area contributed by atoms with Gasteiger partial charge >= 0.3 is 0 Å². The Hall–Kier alpha value is -0.380. The summed E-state index contributed by atoms with van der Waals surface area (Å²) >= 11 is 0. The third kappa shape index (κ3) is 4.41. The number of hydrogen-bond donors (Lipinski definition) is 1. The van der Waals surface area contributed by atoms with E-state index in [9.17, 15) is 0 Å². The second kappa shape index (κ2) is 5.98. The van der Waals surface area contributed by atoms with Crippen LogP contribution in [0.15, 0.2) is 12.2 Å². The van der Waals surface area contributed by atoms with Crippen molar-refractivity contribution in [3.8, 4) is 0 Å². The summed E-state index contributed by atoms with van der Waals surface area (Å²) in [6, 6.07) is 1.49. The molecule has 17 heavy (non-hydrogen) atoms. The van der Waals surface area contributed by atoms with Gasteiger partial charge in [-0.25, -0.2) is 0 Å². The fourth-order valence-electron chi connectivity index (χ4n) is 2.45. The van der Waals surface area contributed by atoms with Gasteiger partial charge in [-0.1, -0.05) is 20.4 Å². The van der Waals surface area contributed by atoms with Crippen LogP contribution in [0.1, 0.15) is 26.7 Å². The van der Waals surface area contributed by atoms with Crippen LogP contribution in [-0.2, 0) is 0 Å². The van der Waals surface area contributed by atoms with E-state index >= 15 is 0 Å². The van der Waals surface area contributed by atoms with Crippen LogP contribution in [0.4, 0.5) is 0 Å². The van der Waals surface area contributed by atoms with E-state index < -0.39 is 0 Å². The molecule has 0 aromatic heterocycles. The topological polar surface area (TPSA) is 18.5 Å². The summed E-state index contributed by atoms with van der Waals surface area (Å²) in [6.45, 7) is 15.5. The molecular weight excluding hydrogens is 210 g/mol. The Morgan fingerprint density at radius 1 is 1.24 bits per heavy atom. The van der Waals surface area contributed by atoms with Crippen LogP contribution in [0.2, 0.25) is 0 Å². The Morgan fingerprint density at radius 3 is 2.41 bits per heavy atom. The molecule has 1 N–H and O–H groups in total. The van der Waals surface area contributed by atoms with Crippen molar-refractivity contribution in [2.45, 2.75) is 38.8 Å². The molecule has 0 aromatic carbocycles. The highest BCUT2D eigenvalue weighted by atomic mass is 15.3. The molecule has 0 amide bonds. The molecule has 0 atom stereocenters. The molecule has 1 saturated carbocycles. The quantitative estimate of drug-likeness (QED) is 0.703. The van der Waals surface area contributed by atoms with Crippen LogP contribution in [0.25, 0.3) is 0 Å². The number of nitrogens with one attached hydrogen (secondary N) is 1. The van der Waals surface area contributed by atoms with E-state index in [4.69, 9.17) is 0 Å². The summed E-state index contributed by atoms with van der Waals surface area (Å²) < 4.78 is 0. The third-order valence-corrected chi connectivity index (χ3v) is 3.68. The highest BCUT2D eigenvalue weighted by Crippen LogP contribution is 2.27. The van der Waals surface area contributed by atoms with Crippen molar-refractivity contribution in [2.75, 3.05) is 39.3 Å². The lowest BCUT2D eigenvalue weighted by Gasteiger charge is -2.35. The molecule has 3 heteroatoms. The van der Waals surface area contributed by atoms with E-state index in [1.165, 1.54) is 44.6 Å². The zero-order chi connectivity index (χ0) is 12.3. The molecule has 1 aliphatic heterocycles. The van der Waals surface area contributed by atoms with Gasteiger partial charge in [0.25, 0.3) is 0 Å². The lowest BCUT2D eigenvalue weighted by molar-refractivity contribution is 0.134. The van der Waals surface area contributed by atoms with Crippen molar-refractivity contribution in [1.82, 2.24) is 15.1 Å². The molecule has 1 heterocycles. The molecule has 98 valence electrons. The highest BCUT2D eigenvalue weighted by molar-refractivity contribution is 5.01. The van der Waals surface area contributed by atoms with Gasteiger partial charge in [-0.05, 0) is 18.4 Å². The Morgan fingerprint density at radius 2 is 1.88 bits per heavy atom. The third-order valence-electron chi connectivity index (χ3n) is 3.68. The lowest BCUT2D eigenvalue weighted by atomic mass is 10.2. The first-order valence-corrected chi connectivity index (χ1v) is 7.01. The molecule has 1 saturated heterocycles. The molecule has 0 bridgehead atoms. The Bertz CT molecular complexity index is 250. The predicted octanol–water partition coefficient (Wildman–Crippen LogP) is 1.32. The van der Waals surface area contributed by atoms with E-state index in [-0.39, 0.29) is 0 Å². The summed E-state index contributed by atoms with van der Waals surface area (Å²) in [4.78, 5) is 5.20. The van der Waals surface area contributed by atoms with Gasteiger partial charge in [0.2, 0.25) is 0 Å². The van der Waals surface area contributed by atoms with Crippen LogP contribution >= 0.6 is 0 Å². The van der Waals surface area contributed by atoms with E-state index in [1.807, 2.05) is 0 Å². The number of nitrogens with zero attached hydrogens (tertiary/aromatic N) is 2. The second-order valence-electron chi connectivity index (χ2n) is 5.83. The largest absolute Gasteiger partial charge is 0.311 e. The standard InChI is InChI=1S/C14H27N3/c1-12(2)15-10-13(3)11-16-6-8-17(9-7-16)14-4-5-14/h12,14-15H,3-11H2,1-2H3. The summed E-state index contributed by atoms with van der Waals surface area (Å²) in [7, 11) is 0. The maximum atomic E-state index is 4.17. The van der Waals surface area contributed by atoms with Crippen molar-refractivity contribution in [3.63, 3.8) is 0 Å². The predicted molar refractivity (Wildman–Crippen MR) is 73.3 cm³/mol. The maximum Gasteiger partial charge on any atom is 0.0203 e. The monoisotopic (exact) mass is 237 g/mol. The minimum absolute atomic E-state index is 0.554. The normalized spacial score (nSPS) is 23.2. The zero-order valence-electron chi connectivity index (χ0n) is 11.4. The SMILES string of the molecule is C=C(CNC(C)C)CN1CCN(C2CC2)CC1. The zero-order valence-corrected chi connectivity index (χ0v) is 11.4. The summed E-state index contributed by atoms with van der Waals surface area (Å²) in [5, 5.41) is 3.44. The Labute approximate surface area is 106 Å². The first kappa shape index (κ1) is 13.1. The first-order valence-electron chi connectivity index (χ1n) is 7.01. The lowest BCUT2D eigenvalue weighted by Crippen LogP contribution is -2.48. The van der Waals surface area contributed by atoms with Crippen LogP contribution < -0.4 is 5.32 Å². The van der Waals surface area contributed by atoms with E-state index in [1.54, 1.807) is 0 Å². The van der Waals surface area contributed by atoms with E-state index in [2.05, 4.69) is 35.5 Å². The number of hydrogen-bond acceptors (Lipinski definition) is 3. The van der Waals surface area contributed by atoms with Gasteiger partial charge in [-0.2, -0.15) is 0 Å². The Kier molecular flexibility index (Phi) is 4.60. The first-order chi connectivity index (χ1) is 8.15. The molecule has 2 rings (SSSR count). The second-order valence-corrected chi connectivity index (χ2v) is 5.83. The molecule has 3 nitrogen and oxygen atoms in total. The molecule has 2 aliphatic rings. The van der Waals surface area contributed by atoms with Crippen LogP contribution in [0.3, 0.4) is 0 Å². The molecule has 0 radical (unpaired) electrons. The van der Waals surface area contributed by atoms with Gasteiger partial charge in [-0.3, -0.25) is 9.80 Å². The molecular formula is C14H27N3. The molecule has 0 aromatic rings. The number of piperazine rings is 1. The van der Waals surface area contributed by atoms with Gasteiger partial charge in [0.1, 0.15) is 0 Å². The van der Waals surface area contributed by atoms with Crippen molar-refractivity contribution in [3.05, 3.63) is 12.2 Å². The summed E-state index contributed by atoms with van der Waals surface area (Å²) in [5.74, 6) is 0. The Balaban J connectivity index is 1.61. The van der Waals surface area contributed by atoms with Gasteiger partial charge in [0.15, 0.2) is 0 Å². The molecule has 0 unspecified atom stereocenters.